The molecule has 1 unspecified atom stereocenters. The lowest BCUT2D eigenvalue weighted by molar-refractivity contribution is -0.132. The minimum atomic E-state index is -0.922. The zero-order valence-corrected chi connectivity index (χ0v) is 21.8. The predicted molar refractivity (Wildman–Crippen MR) is 143 cm³/mol. The van der Waals surface area contributed by atoms with Gasteiger partial charge in [-0.1, -0.05) is 42.8 Å². The number of aliphatic hydroxyl groups excluding tert-OH is 1. The van der Waals surface area contributed by atoms with Gasteiger partial charge in [0.1, 0.15) is 23.0 Å². The summed E-state index contributed by atoms with van der Waals surface area (Å²) >= 11 is 6.43. The fourth-order valence-corrected chi connectivity index (χ4v) is 4.58. The number of hydrogen-bond donors (Lipinski definition) is 1. The van der Waals surface area contributed by atoms with Crippen LogP contribution in [0.4, 0.5) is 5.69 Å². The first-order chi connectivity index (χ1) is 17.8. The predicted octanol–water partition coefficient (Wildman–Crippen LogP) is 5.94. The molecule has 0 radical (unpaired) electrons. The van der Waals surface area contributed by atoms with Crippen LogP contribution in [0, 0.1) is 0 Å². The van der Waals surface area contributed by atoms with Crippen molar-refractivity contribution in [3.63, 3.8) is 0 Å². The standard InChI is InChI=1S/C29H28ClNO6/c1-5-17-7-9-18(10-8-17)26-25(27(32)23-16-20(37-6-2)11-12-24(23)30)28(33)29(34)31(26)19-13-21(35-3)15-22(14-19)36-4/h7-16,26,32H,5-6H2,1-4H3/b27-25+. The molecule has 7 nitrogen and oxygen atoms in total. The number of anilines is 1. The SMILES string of the molecule is CCOc1ccc(Cl)c(/C(O)=C2\C(=O)C(=O)N(c3cc(OC)cc(OC)c3)C2c2ccc(CC)cc2)c1. The van der Waals surface area contributed by atoms with E-state index in [1.807, 2.05) is 38.1 Å². The zero-order valence-electron chi connectivity index (χ0n) is 21.1. The van der Waals surface area contributed by atoms with Crippen molar-refractivity contribution < 1.29 is 28.9 Å². The van der Waals surface area contributed by atoms with Gasteiger partial charge in [0.05, 0.1) is 43.2 Å². The summed E-state index contributed by atoms with van der Waals surface area (Å²) in [6, 6.07) is 16.4. The smallest absolute Gasteiger partial charge is 0.300 e. The summed E-state index contributed by atoms with van der Waals surface area (Å²) in [5.41, 5.74) is 2.25. The van der Waals surface area contributed by atoms with E-state index in [4.69, 9.17) is 25.8 Å². The molecule has 0 aromatic heterocycles. The van der Waals surface area contributed by atoms with E-state index in [0.29, 0.717) is 35.1 Å². The topological polar surface area (TPSA) is 85.3 Å². The molecule has 1 saturated heterocycles. The fourth-order valence-electron chi connectivity index (χ4n) is 4.37. The molecule has 1 N–H and O–H groups in total. The Morgan fingerprint density at radius 1 is 0.919 bits per heavy atom. The molecule has 192 valence electrons. The molecule has 0 spiro atoms. The minimum absolute atomic E-state index is 0.0772. The number of carbonyl (C=O) groups excluding carboxylic acids is 2. The second-order valence-electron chi connectivity index (χ2n) is 8.41. The van der Waals surface area contributed by atoms with Crippen LogP contribution in [0.5, 0.6) is 17.2 Å². The molecular weight excluding hydrogens is 494 g/mol. The largest absolute Gasteiger partial charge is 0.507 e. The number of ether oxygens (including phenoxy) is 3. The van der Waals surface area contributed by atoms with E-state index in [2.05, 4.69) is 0 Å². The third-order valence-corrected chi connectivity index (χ3v) is 6.60. The Labute approximate surface area is 220 Å². The molecule has 0 bridgehead atoms. The van der Waals surface area contributed by atoms with Crippen LogP contribution in [-0.2, 0) is 16.0 Å². The van der Waals surface area contributed by atoms with Crippen LogP contribution in [0.3, 0.4) is 0 Å². The number of benzene rings is 3. The van der Waals surface area contributed by atoms with Crippen LogP contribution in [0.15, 0.2) is 66.2 Å². The molecule has 1 amide bonds. The van der Waals surface area contributed by atoms with E-state index in [-0.39, 0.29) is 21.9 Å². The molecular formula is C29H28ClNO6. The van der Waals surface area contributed by atoms with Gasteiger partial charge in [0.2, 0.25) is 0 Å². The van der Waals surface area contributed by atoms with Crippen LogP contribution in [0.25, 0.3) is 5.76 Å². The third kappa shape index (κ3) is 5.00. The molecule has 1 aliphatic rings. The van der Waals surface area contributed by atoms with Crippen molar-refractivity contribution in [3.8, 4) is 17.2 Å². The normalized spacial score (nSPS) is 16.7. The quantitative estimate of drug-likeness (QED) is 0.224. The number of rotatable bonds is 8. The monoisotopic (exact) mass is 521 g/mol. The van der Waals surface area contributed by atoms with E-state index in [9.17, 15) is 14.7 Å². The van der Waals surface area contributed by atoms with E-state index >= 15 is 0 Å². The van der Waals surface area contributed by atoms with Crippen LogP contribution in [-0.4, -0.2) is 37.6 Å². The summed E-state index contributed by atoms with van der Waals surface area (Å²) in [4.78, 5) is 28.3. The number of ketones is 1. The number of aliphatic hydroxyl groups is 1. The van der Waals surface area contributed by atoms with Crippen LogP contribution < -0.4 is 19.1 Å². The van der Waals surface area contributed by atoms with Crippen molar-refractivity contribution in [1.29, 1.82) is 0 Å². The Morgan fingerprint density at radius 2 is 1.57 bits per heavy atom. The Morgan fingerprint density at radius 3 is 2.14 bits per heavy atom. The van der Waals surface area contributed by atoms with Gasteiger partial charge < -0.3 is 19.3 Å². The lowest BCUT2D eigenvalue weighted by Crippen LogP contribution is -2.29. The molecule has 4 rings (SSSR count). The lowest BCUT2D eigenvalue weighted by atomic mass is 9.94. The van der Waals surface area contributed by atoms with Crippen molar-refractivity contribution in [2.24, 2.45) is 0 Å². The molecule has 1 fully saturated rings. The van der Waals surface area contributed by atoms with Gasteiger partial charge in [0, 0.05) is 23.8 Å². The zero-order chi connectivity index (χ0) is 26.7. The number of methoxy groups -OCH3 is 2. The van der Waals surface area contributed by atoms with Gasteiger partial charge >= 0.3 is 0 Å². The van der Waals surface area contributed by atoms with Gasteiger partial charge in [0.15, 0.2) is 0 Å². The van der Waals surface area contributed by atoms with Crippen molar-refractivity contribution in [2.75, 3.05) is 25.7 Å². The molecule has 3 aromatic carbocycles. The Bertz CT molecular complexity index is 1340. The third-order valence-electron chi connectivity index (χ3n) is 6.27. The summed E-state index contributed by atoms with van der Waals surface area (Å²) in [5, 5.41) is 11.7. The van der Waals surface area contributed by atoms with Gasteiger partial charge in [0.25, 0.3) is 11.7 Å². The van der Waals surface area contributed by atoms with Crippen LogP contribution in [0.1, 0.15) is 36.6 Å². The highest BCUT2D eigenvalue weighted by molar-refractivity contribution is 6.52. The summed E-state index contributed by atoms with van der Waals surface area (Å²) < 4.78 is 16.3. The highest BCUT2D eigenvalue weighted by Gasteiger charge is 2.47. The van der Waals surface area contributed by atoms with Gasteiger partial charge in [-0.2, -0.15) is 0 Å². The Hall–Kier alpha value is -3.97. The van der Waals surface area contributed by atoms with Crippen molar-refractivity contribution >= 4 is 34.7 Å². The van der Waals surface area contributed by atoms with Crippen molar-refractivity contribution in [2.45, 2.75) is 26.3 Å². The number of Topliss-reactive ketones (excluding diaryl/α,β-unsaturated/α-hetero) is 1. The van der Waals surface area contributed by atoms with Crippen molar-refractivity contribution in [1.82, 2.24) is 0 Å². The van der Waals surface area contributed by atoms with Crippen molar-refractivity contribution in [3.05, 3.63) is 87.9 Å². The number of nitrogens with zero attached hydrogens (tertiary/aromatic N) is 1. The van der Waals surface area contributed by atoms with Gasteiger partial charge in [-0.3, -0.25) is 14.5 Å². The lowest BCUT2D eigenvalue weighted by Gasteiger charge is -2.26. The number of aryl methyl sites for hydroxylation is 1. The van der Waals surface area contributed by atoms with E-state index in [1.54, 1.807) is 36.4 Å². The summed E-state index contributed by atoms with van der Waals surface area (Å²) in [5.74, 6) is -0.635. The minimum Gasteiger partial charge on any atom is -0.507 e. The average Bonchev–Trinajstić information content (AvgIpc) is 3.19. The Balaban J connectivity index is 1.97. The second-order valence-corrected chi connectivity index (χ2v) is 8.82. The molecule has 1 aliphatic heterocycles. The first kappa shape index (κ1) is 26.1. The summed E-state index contributed by atoms with van der Waals surface area (Å²) in [6.45, 7) is 4.28. The van der Waals surface area contributed by atoms with Gasteiger partial charge in [-0.15, -0.1) is 0 Å². The summed E-state index contributed by atoms with van der Waals surface area (Å²) in [7, 11) is 3.00. The van der Waals surface area contributed by atoms with Crippen LogP contribution in [0.2, 0.25) is 5.02 Å². The number of amides is 1. The van der Waals surface area contributed by atoms with Crippen LogP contribution >= 0.6 is 11.6 Å². The van der Waals surface area contributed by atoms with E-state index in [0.717, 1.165) is 12.0 Å². The van der Waals surface area contributed by atoms with E-state index in [1.165, 1.54) is 19.1 Å². The first-order valence-corrected chi connectivity index (χ1v) is 12.3. The molecule has 1 heterocycles. The maximum absolute atomic E-state index is 13.5. The average molecular weight is 522 g/mol. The maximum Gasteiger partial charge on any atom is 0.300 e. The highest BCUT2D eigenvalue weighted by atomic mass is 35.5. The molecule has 0 aliphatic carbocycles. The second kappa shape index (κ2) is 11.0. The Kier molecular flexibility index (Phi) is 7.74. The van der Waals surface area contributed by atoms with Gasteiger partial charge in [-0.25, -0.2) is 0 Å². The van der Waals surface area contributed by atoms with Gasteiger partial charge in [-0.05, 0) is 42.7 Å². The number of hydrogen-bond acceptors (Lipinski definition) is 6. The van der Waals surface area contributed by atoms with E-state index < -0.39 is 17.7 Å². The maximum atomic E-state index is 13.5. The fraction of sp³-hybridized carbons (Fsp3) is 0.241. The molecule has 37 heavy (non-hydrogen) atoms. The molecule has 8 heteroatoms. The molecule has 0 saturated carbocycles. The number of halogens is 1. The number of carbonyl (C=O) groups is 2. The first-order valence-electron chi connectivity index (χ1n) is 11.9. The summed E-state index contributed by atoms with van der Waals surface area (Å²) in [6.07, 6.45) is 0.827. The molecule has 3 aromatic rings. The molecule has 1 atom stereocenters. The highest BCUT2D eigenvalue weighted by Crippen LogP contribution is 2.45.